The number of hydrogen-bond donors (Lipinski definition) is 0. The van der Waals surface area contributed by atoms with Crippen molar-refractivity contribution in [2.24, 2.45) is 0 Å². The molecule has 0 unspecified atom stereocenters. The Morgan fingerprint density at radius 1 is 1.12 bits per heavy atom. The first-order valence-electron chi connectivity index (χ1n) is 9.12. The first kappa shape index (κ1) is 16.9. The van der Waals surface area contributed by atoms with Crippen LogP contribution in [0.3, 0.4) is 0 Å². The fourth-order valence-electron chi connectivity index (χ4n) is 3.64. The number of oxazole rings is 1. The minimum Gasteiger partial charge on any atom is -0.497 e. The number of likely N-dealkylation sites (tertiary alicyclic amines) is 1. The molecule has 3 aromatic rings. The molecule has 0 amide bonds. The number of ether oxygens (including phenoxy) is 1. The third-order valence-electron chi connectivity index (χ3n) is 5.08. The third-order valence-corrected chi connectivity index (χ3v) is 5.08. The van der Waals surface area contributed by atoms with Gasteiger partial charge in [0.05, 0.1) is 12.8 Å². The maximum absolute atomic E-state index is 5.72. The van der Waals surface area contributed by atoms with Gasteiger partial charge in [0.2, 0.25) is 5.89 Å². The Labute approximate surface area is 154 Å². The van der Waals surface area contributed by atoms with Gasteiger partial charge in [-0.05, 0) is 56.1 Å². The molecule has 0 aliphatic carbocycles. The Hall–Kier alpha value is -2.59. The second-order valence-corrected chi connectivity index (χ2v) is 6.91. The van der Waals surface area contributed by atoms with Crippen LogP contribution in [0.2, 0.25) is 0 Å². The Kier molecular flexibility index (Phi) is 4.76. The van der Waals surface area contributed by atoms with Crippen LogP contribution >= 0.6 is 0 Å². The Morgan fingerprint density at radius 2 is 1.88 bits per heavy atom. The second-order valence-electron chi connectivity index (χ2n) is 6.91. The van der Waals surface area contributed by atoms with E-state index in [1.165, 1.54) is 24.0 Å². The molecule has 26 heavy (non-hydrogen) atoms. The van der Waals surface area contributed by atoms with Gasteiger partial charge in [-0.3, -0.25) is 4.90 Å². The molecule has 1 aromatic heterocycles. The van der Waals surface area contributed by atoms with E-state index in [0.717, 1.165) is 30.1 Å². The lowest BCUT2D eigenvalue weighted by atomic mass is 10.0. The van der Waals surface area contributed by atoms with Crippen LogP contribution in [0.5, 0.6) is 5.75 Å². The summed E-state index contributed by atoms with van der Waals surface area (Å²) in [5, 5.41) is 0. The molecule has 134 valence electrons. The summed E-state index contributed by atoms with van der Waals surface area (Å²) in [5.74, 6) is 1.60. The number of nitrogens with zero attached hydrogens (tertiary/aromatic N) is 2. The van der Waals surface area contributed by atoms with E-state index in [1.54, 1.807) is 13.4 Å². The summed E-state index contributed by atoms with van der Waals surface area (Å²) in [5.41, 5.74) is 4.58. The first-order chi connectivity index (χ1) is 12.7. The number of aryl methyl sites for hydroxylation is 1. The highest BCUT2D eigenvalue weighted by Gasteiger charge is 2.26. The molecular formula is C22H24N2O2. The van der Waals surface area contributed by atoms with E-state index in [0.29, 0.717) is 11.9 Å². The van der Waals surface area contributed by atoms with Crippen LogP contribution in [0, 0.1) is 6.92 Å². The van der Waals surface area contributed by atoms with Gasteiger partial charge in [-0.25, -0.2) is 4.98 Å². The summed E-state index contributed by atoms with van der Waals surface area (Å²) in [6.45, 7) is 3.98. The molecule has 0 saturated carbocycles. The highest BCUT2D eigenvalue weighted by atomic mass is 16.5. The topological polar surface area (TPSA) is 38.5 Å². The third kappa shape index (κ3) is 3.51. The zero-order valence-electron chi connectivity index (χ0n) is 15.3. The minimum atomic E-state index is 0.431. The van der Waals surface area contributed by atoms with Gasteiger partial charge in [-0.2, -0.15) is 0 Å². The quantitative estimate of drug-likeness (QED) is 0.651. The Bertz CT molecular complexity index is 853. The van der Waals surface area contributed by atoms with Crippen LogP contribution < -0.4 is 4.74 Å². The van der Waals surface area contributed by atoms with Crippen molar-refractivity contribution in [1.82, 2.24) is 9.88 Å². The molecule has 0 N–H and O–H groups in total. The van der Waals surface area contributed by atoms with E-state index in [2.05, 4.69) is 48.2 Å². The van der Waals surface area contributed by atoms with Crippen LogP contribution in [-0.4, -0.2) is 23.5 Å². The highest BCUT2D eigenvalue weighted by molar-refractivity contribution is 5.53. The number of benzene rings is 2. The van der Waals surface area contributed by atoms with Gasteiger partial charge >= 0.3 is 0 Å². The highest BCUT2D eigenvalue weighted by Crippen LogP contribution is 2.34. The molecule has 1 aliphatic rings. The molecule has 4 heteroatoms. The maximum atomic E-state index is 5.72. The summed E-state index contributed by atoms with van der Waals surface area (Å²) in [6.07, 6.45) is 4.17. The monoisotopic (exact) mass is 348 g/mol. The van der Waals surface area contributed by atoms with Crippen LogP contribution in [-0.2, 0) is 6.54 Å². The van der Waals surface area contributed by atoms with Gasteiger partial charge in [0, 0.05) is 18.2 Å². The molecule has 0 bridgehead atoms. The van der Waals surface area contributed by atoms with Crippen molar-refractivity contribution in [3.63, 3.8) is 0 Å². The predicted octanol–water partition coefficient (Wildman–Crippen LogP) is 5.00. The molecule has 4 nitrogen and oxygen atoms in total. The van der Waals surface area contributed by atoms with Crippen molar-refractivity contribution in [2.75, 3.05) is 13.7 Å². The maximum Gasteiger partial charge on any atom is 0.226 e. The zero-order valence-corrected chi connectivity index (χ0v) is 15.3. The molecule has 2 heterocycles. The van der Waals surface area contributed by atoms with Crippen molar-refractivity contribution >= 4 is 0 Å². The Morgan fingerprint density at radius 3 is 2.62 bits per heavy atom. The fourth-order valence-corrected chi connectivity index (χ4v) is 3.64. The summed E-state index contributed by atoms with van der Waals surface area (Å²) in [4.78, 5) is 7.19. The number of aromatic nitrogens is 1. The van der Waals surface area contributed by atoms with Crippen LogP contribution in [0.1, 0.15) is 35.7 Å². The van der Waals surface area contributed by atoms with Gasteiger partial charge in [0.25, 0.3) is 0 Å². The van der Waals surface area contributed by atoms with Gasteiger partial charge in [0.15, 0.2) is 0 Å². The van der Waals surface area contributed by atoms with Crippen molar-refractivity contribution in [2.45, 2.75) is 32.4 Å². The Balaban J connectivity index is 1.48. The summed E-state index contributed by atoms with van der Waals surface area (Å²) >= 11 is 0. The number of methoxy groups -OCH3 is 1. The largest absolute Gasteiger partial charge is 0.497 e. The van der Waals surface area contributed by atoms with E-state index in [1.807, 2.05) is 12.1 Å². The van der Waals surface area contributed by atoms with E-state index in [9.17, 15) is 0 Å². The number of hydrogen-bond acceptors (Lipinski definition) is 4. The molecular weight excluding hydrogens is 324 g/mol. The first-order valence-corrected chi connectivity index (χ1v) is 9.12. The van der Waals surface area contributed by atoms with Crippen LogP contribution in [0.25, 0.3) is 11.5 Å². The summed E-state index contributed by atoms with van der Waals surface area (Å²) in [7, 11) is 1.70. The van der Waals surface area contributed by atoms with Crippen LogP contribution in [0.4, 0.5) is 0 Å². The smallest absolute Gasteiger partial charge is 0.226 e. The molecule has 4 rings (SSSR count). The normalized spacial score (nSPS) is 17.5. The molecule has 0 radical (unpaired) electrons. The van der Waals surface area contributed by atoms with Crippen molar-refractivity contribution in [3.8, 4) is 17.2 Å². The average Bonchev–Trinajstić information content (AvgIpc) is 3.33. The van der Waals surface area contributed by atoms with E-state index < -0.39 is 0 Å². The SMILES string of the molecule is COc1ccc([C@@H]2CCCN2Cc2coc(-c3ccc(C)cc3)n2)cc1. The van der Waals surface area contributed by atoms with Crippen LogP contribution in [0.15, 0.2) is 59.2 Å². The van der Waals surface area contributed by atoms with E-state index >= 15 is 0 Å². The lowest BCUT2D eigenvalue weighted by Gasteiger charge is -2.23. The molecule has 2 aromatic carbocycles. The summed E-state index contributed by atoms with van der Waals surface area (Å²) in [6, 6.07) is 17.1. The second kappa shape index (κ2) is 7.34. The van der Waals surface area contributed by atoms with Crippen molar-refractivity contribution in [3.05, 3.63) is 71.6 Å². The lowest BCUT2D eigenvalue weighted by Crippen LogP contribution is -2.22. The molecule has 0 spiro atoms. The van der Waals surface area contributed by atoms with Gasteiger partial charge in [0.1, 0.15) is 12.0 Å². The molecule has 1 atom stereocenters. The van der Waals surface area contributed by atoms with Gasteiger partial charge < -0.3 is 9.15 Å². The van der Waals surface area contributed by atoms with E-state index in [-0.39, 0.29) is 0 Å². The molecule has 1 fully saturated rings. The lowest BCUT2D eigenvalue weighted by molar-refractivity contribution is 0.245. The van der Waals surface area contributed by atoms with Gasteiger partial charge in [-0.15, -0.1) is 0 Å². The van der Waals surface area contributed by atoms with Gasteiger partial charge in [-0.1, -0.05) is 29.8 Å². The minimum absolute atomic E-state index is 0.431. The standard InChI is InChI=1S/C22H24N2O2/c1-16-5-7-18(8-6-16)22-23-19(15-26-22)14-24-13-3-4-21(24)17-9-11-20(25-2)12-10-17/h5-12,15,21H,3-4,13-14H2,1-2H3/t21-/m0/s1. The predicted molar refractivity (Wildman–Crippen MR) is 102 cm³/mol. The number of rotatable bonds is 5. The fraction of sp³-hybridized carbons (Fsp3) is 0.318. The average molecular weight is 348 g/mol. The van der Waals surface area contributed by atoms with E-state index in [4.69, 9.17) is 14.1 Å². The molecule has 1 aliphatic heterocycles. The van der Waals surface area contributed by atoms with Crippen molar-refractivity contribution in [1.29, 1.82) is 0 Å². The summed E-state index contributed by atoms with van der Waals surface area (Å²) < 4.78 is 11.0. The van der Waals surface area contributed by atoms with Crippen molar-refractivity contribution < 1.29 is 9.15 Å². The zero-order chi connectivity index (χ0) is 17.9. The molecule has 1 saturated heterocycles.